The third kappa shape index (κ3) is 2.83. The molecule has 1 unspecified atom stereocenters. The number of aryl methyl sites for hydroxylation is 2. The van der Waals surface area contributed by atoms with Crippen LogP contribution in [0.3, 0.4) is 0 Å². The molecule has 0 radical (unpaired) electrons. The molecule has 0 aliphatic heterocycles. The summed E-state index contributed by atoms with van der Waals surface area (Å²) in [6.07, 6.45) is 4.53. The Morgan fingerprint density at radius 2 is 2.24 bits per heavy atom. The summed E-state index contributed by atoms with van der Waals surface area (Å²) in [6, 6.07) is 6.13. The second-order valence-corrected chi connectivity index (χ2v) is 5.36. The van der Waals surface area contributed by atoms with E-state index in [2.05, 4.69) is 29.2 Å². The number of furan rings is 1. The van der Waals surface area contributed by atoms with Gasteiger partial charge in [0.25, 0.3) is 0 Å². The molecule has 1 N–H and O–H groups in total. The van der Waals surface area contributed by atoms with Crippen molar-refractivity contribution in [3.63, 3.8) is 0 Å². The van der Waals surface area contributed by atoms with Crippen LogP contribution in [-0.4, -0.2) is 21.1 Å². The Labute approximate surface area is 124 Å². The molecule has 0 bridgehead atoms. The fourth-order valence-electron chi connectivity index (χ4n) is 2.58. The predicted molar refractivity (Wildman–Crippen MR) is 81.3 cm³/mol. The first-order valence-electron chi connectivity index (χ1n) is 7.23. The van der Waals surface area contributed by atoms with E-state index in [1.54, 1.807) is 6.26 Å². The lowest BCUT2D eigenvalue weighted by molar-refractivity contribution is 0.484. The zero-order chi connectivity index (χ0) is 14.8. The lowest BCUT2D eigenvalue weighted by Gasteiger charge is -2.16. The zero-order valence-electron chi connectivity index (χ0n) is 12.6. The first-order chi connectivity index (χ1) is 10.1. The van der Waals surface area contributed by atoms with Crippen LogP contribution in [-0.2, 0) is 6.42 Å². The van der Waals surface area contributed by atoms with E-state index in [0.29, 0.717) is 0 Å². The highest BCUT2D eigenvalue weighted by Gasteiger charge is 2.12. The molecule has 0 spiro atoms. The van der Waals surface area contributed by atoms with Gasteiger partial charge in [-0.2, -0.15) is 5.10 Å². The van der Waals surface area contributed by atoms with E-state index >= 15 is 0 Å². The van der Waals surface area contributed by atoms with Crippen LogP contribution in [0.1, 0.15) is 35.7 Å². The fraction of sp³-hybridized carbons (Fsp3) is 0.375. The van der Waals surface area contributed by atoms with Crippen LogP contribution in [0.4, 0.5) is 0 Å². The van der Waals surface area contributed by atoms with Crippen molar-refractivity contribution in [1.82, 2.24) is 19.9 Å². The summed E-state index contributed by atoms with van der Waals surface area (Å²) in [5, 5.41) is 8.00. The highest BCUT2D eigenvalue weighted by atomic mass is 16.3. The first-order valence-corrected chi connectivity index (χ1v) is 7.23. The van der Waals surface area contributed by atoms with Crippen molar-refractivity contribution in [3.8, 4) is 0 Å². The minimum atomic E-state index is 0.223. The third-order valence-electron chi connectivity index (χ3n) is 3.75. The van der Waals surface area contributed by atoms with Crippen molar-refractivity contribution in [2.24, 2.45) is 0 Å². The highest BCUT2D eigenvalue weighted by Crippen LogP contribution is 2.18. The molecule has 3 aromatic rings. The molecular weight excluding hydrogens is 264 g/mol. The Bertz CT molecular complexity index is 730. The van der Waals surface area contributed by atoms with E-state index < -0.39 is 0 Å². The summed E-state index contributed by atoms with van der Waals surface area (Å²) in [4.78, 5) is 4.48. The number of rotatable bonds is 5. The molecule has 5 heteroatoms. The monoisotopic (exact) mass is 284 g/mol. The van der Waals surface area contributed by atoms with Gasteiger partial charge in [-0.1, -0.05) is 0 Å². The summed E-state index contributed by atoms with van der Waals surface area (Å²) in [6.45, 7) is 7.08. The van der Waals surface area contributed by atoms with Crippen molar-refractivity contribution in [2.75, 3.05) is 6.54 Å². The lowest BCUT2D eigenvalue weighted by atomic mass is 10.1. The van der Waals surface area contributed by atoms with E-state index in [1.807, 2.05) is 35.8 Å². The molecule has 1 atom stereocenters. The van der Waals surface area contributed by atoms with E-state index in [4.69, 9.17) is 4.42 Å². The lowest BCUT2D eigenvalue weighted by Crippen LogP contribution is -2.23. The van der Waals surface area contributed by atoms with Gasteiger partial charge in [-0.05, 0) is 32.9 Å². The van der Waals surface area contributed by atoms with E-state index in [9.17, 15) is 0 Å². The number of nitrogens with one attached hydrogen (secondary N) is 1. The van der Waals surface area contributed by atoms with Gasteiger partial charge >= 0.3 is 0 Å². The Kier molecular flexibility index (Phi) is 3.75. The predicted octanol–water partition coefficient (Wildman–Crippen LogP) is 2.83. The topological polar surface area (TPSA) is 55.4 Å². The van der Waals surface area contributed by atoms with Crippen LogP contribution in [0.2, 0.25) is 0 Å². The number of aromatic nitrogens is 3. The Morgan fingerprint density at radius 3 is 3.00 bits per heavy atom. The third-order valence-corrected chi connectivity index (χ3v) is 3.75. The highest BCUT2D eigenvalue weighted by molar-refractivity contribution is 5.42. The molecular formula is C16H20N4O. The Hall–Kier alpha value is -2.14. The smallest absolute Gasteiger partial charge is 0.155 e. The maximum Gasteiger partial charge on any atom is 0.155 e. The van der Waals surface area contributed by atoms with Crippen LogP contribution in [0.15, 0.2) is 35.1 Å². The molecule has 3 aromatic heterocycles. The molecule has 0 aromatic carbocycles. The van der Waals surface area contributed by atoms with Gasteiger partial charge < -0.3 is 9.73 Å². The van der Waals surface area contributed by atoms with Crippen LogP contribution in [0.25, 0.3) is 5.65 Å². The molecule has 3 heterocycles. The van der Waals surface area contributed by atoms with E-state index in [0.717, 1.165) is 35.8 Å². The van der Waals surface area contributed by atoms with Crippen LogP contribution >= 0.6 is 0 Å². The summed E-state index contributed by atoms with van der Waals surface area (Å²) in [5.41, 5.74) is 4.19. The number of nitrogens with zero attached hydrogens (tertiary/aromatic N) is 3. The SMILES string of the molecule is Cc1cc2ncc(C(C)NCCc3ccco3)c(C)n2n1. The second kappa shape index (κ2) is 5.69. The maximum atomic E-state index is 5.34. The minimum absolute atomic E-state index is 0.223. The average Bonchev–Trinajstić information content (AvgIpc) is 3.08. The molecule has 0 aliphatic rings. The van der Waals surface area contributed by atoms with Crippen molar-refractivity contribution in [3.05, 3.63) is 53.4 Å². The van der Waals surface area contributed by atoms with Gasteiger partial charge in [0.15, 0.2) is 5.65 Å². The van der Waals surface area contributed by atoms with E-state index in [-0.39, 0.29) is 6.04 Å². The Morgan fingerprint density at radius 1 is 1.38 bits per heavy atom. The zero-order valence-corrected chi connectivity index (χ0v) is 12.6. The number of hydrogen-bond donors (Lipinski definition) is 1. The van der Waals surface area contributed by atoms with Crippen LogP contribution in [0, 0.1) is 13.8 Å². The van der Waals surface area contributed by atoms with Crippen molar-refractivity contribution >= 4 is 5.65 Å². The summed E-state index contributed by atoms with van der Waals surface area (Å²) in [5.74, 6) is 1.00. The number of fused-ring (bicyclic) bond motifs is 1. The molecule has 0 aliphatic carbocycles. The molecule has 5 nitrogen and oxygen atoms in total. The molecule has 0 saturated carbocycles. The van der Waals surface area contributed by atoms with Gasteiger partial charge in [0.1, 0.15) is 5.76 Å². The van der Waals surface area contributed by atoms with Gasteiger partial charge in [0.05, 0.1) is 12.0 Å². The molecule has 21 heavy (non-hydrogen) atoms. The molecule has 0 amide bonds. The summed E-state index contributed by atoms with van der Waals surface area (Å²) in [7, 11) is 0. The van der Waals surface area contributed by atoms with Crippen molar-refractivity contribution in [2.45, 2.75) is 33.2 Å². The van der Waals surface area contributed by atoms with E-state index in [1.165, 1.54) is 5.56 Å². The second-order valence-electron chi connectivity index (χ2n) is 5.36. The average molecular weight is 284 g/mol. The Balaban J connectivity index is 1.71. The van der Waals surface area contributed by atoms with Gasteiger partial charge in [0.2, 0.25) is 0 Å². The quantitative estimate of drug-likeness (QED) is 0.782. The molecule has 0 fully saturated rings. The van der Waals surface area contributed by atoms with Gasteiger partial charge in [0, 0.05) is 42.5 Å². The molecule has 0 saturated heterocycles. The fourth-order valence-corrected chi connectivity index (χ4v) is 2.58. The van der Waals surface area contributed by atoms with Gasteiger partial charge in [-0.3, -0.25) is 0 Å². The van der Waals surface area contributed by atoms with Gasteiger partial charge in [-0.25, -0.2) is 9.50 Å². The van der Waals surface area contributed by atoms with Crippen LogP contribution < -0.4 is 5.32 Å². The maximum absolute atomic E-state index is 5.34. The minimum Gasteiger partial charge on any atom is -0.469 e. The van der Waals surface area contributed by atoms with Gasteiger partial charge in [-0.15, -0.1) is 0 Å². The van der Waals surface area contributed by atoms with Crippen molar-refractivity contribution < 1.29 is 4.42 Å². The summed E-state index contributed by atoms with van der Waals surface area (Å²) < 4.78 is 7.25. The first kappa shape index (κ1) is 13.8. The largest absolute Gasteiger partial charge is 0.469 e. The standard InChI is InChI=1S/C16H20N4O/c1-11-9-16-18-10-15(13(3)20(16)19-11)12(2)17-7-6-14-5-4-8-21-14/h4-5,8-10,12,17H,6-7H2,1-3H3. The normalized spacial score (nSPS) is 12.9. The molecule has 3 rings (SSSR count). The molecule has 110 valence electrons. The van der Waals surface area contributed by atoms with Crippen LogP contribution in [0.5, 0.6) is 0 Å². The van der Waals surface area contributed by atoms with Crippen molar-refractivity contribution in [1.29, 1.82) is 0 Å². The number of hydrogen-bond acceptors (Lipinski definition) is 4. The summed E-state index contributed by atoms with van der Waals surface area (Å²) >= 11 is 0.